The quantitative estimate of drug-likeness (QED) is 0.881. The second kappa shape index (κ2) is 6.11. The molecule has 0 bridgehead atoms. The molecular weight excluding hydrogens is 304 g/mol. The highest BCUT2D eigenvalue weighted by Crippen LogP contribution is 2.38. The number of hydrogen-bond acceptors (Lipinski definition) is 6. The standard InChI is InChI=1S/C16H22O5S/c1-9-4-6-10(7-5-9)22-15-13(18)12(17)14(20-15)11-8-19-16(2,3)21-11/h4-7,11-15,17-18H,8H2,1-3H3/t11-,12-,13-,14+,15+/m1/s1. The number of aliphatic hydroxyl groups excluding tert-OH is 2. The molecule has 2 N–H and O–H groups in total. The maximum Gasteiger partial charge on any atom is 0.163 e. The Bertz CT molecular complexity index is 518. The number of aliphatic hydroxyl groups is 2. The predicted octanol–water partition coefficient (Wildman–Crippen LogP) is 1.69. The smallest absolute Gasteiger partial charge is 0.163 e. The average Bonchev–Trinajstić information content (AvgIpc) is 2.96. The first-order valence-corrected chi connectivity index (χ1v) is 8.30. The van der Waals surface area contributed by atoms with Crippen LogP contribution in [0, 0.1) is 6.92 Å². The number of rotatable bonds is 3. The van der Waals surface area contributed by atoms with Crippen LogP contribution in [0.3, 0.4) is 0 Å². The Labute approximate surface area is 134 Å². The van der Waals surface area contributed by atoms with Crippen LogP contribution in [-0.2, 0) is 14.2 Å². The van der Waals surface area contributed by atoms with Crippen molar-refractivity contribution < 1.29 is 24.4 Å². The van der Waals surface area contributed by atoms with E-state index < -0.39 is 29.5 Å². The van der Waals surface area contributed by atoms with Crippen molar-refractivity contribution in [2.24, 2.45) is 0 Å². The van der Waals surface area contributed by atoms with Gasteiger partial charge in [-0.25, -0.2) is 0 Å². The summed E-state index contributed by atoms with van der Waals surface area (Å²) in [6.45, 7) is 6.02. The van der Waals surface area contributed by atoms with Crippen LogP contribution >= 0.6 is 11.8 Å². The lowest BCUT2D eigenvalue weighted by molar-refractivity contribution is -0.159. The molecule has 0 unspecified atom stereocenters. The normalized spacial score (nSPS) is 37.6. The van der Waals surface area contributed by atoms with E-state index in [1.165, 1.54) is 17.3 Å². The lowest BCUT2D eigenvalue weighted by Crippen LogP contribution is -2.40. The van der Waals surface area contributed by atoms with Crippen LogP contribution in [0.25, 0.3) is 0 Å². The van der Waals surface area contributed by atoms with E-state index in [9.17, 15) is 10.2 Å². The van der Waals surface area contributed by atoms with Gasteiger partial charge in [-0.1, -0.05) is 29.5 Å². The van der Waals surface area contributed by atoms with Crippen molar-refractivity contribution in [2.45, 2.75) is 61.3 Å². The molecule has 2 fully saturated rings. The van der Waals surface area contributed by atoms with Crippen molar-refractivity contribution in [3.05, 3.63) is 29.8 Å². The Morgan fingerprint density at radius 2 is 1.82 bits per heavy atom. The highest BCUT2D eigenvalue weighted by atomic mass is 32.2. The molecule has 0 amide bonds. The first-order valence-electron chi connectivity index (χ1n) is 7.42. The summed E-state index contributed by atoms with van der Waals surface area (Å²) >= 11 is 1.41. The second-order valence-corrected chi connectivity index (χ2v) is 7.42. The second-order valence-electron chi connectivity index (χ2n) is 6.25. The molecule has 122 valence electrons. The molecule has 3 rings (SSSR count). The van der Waals surface area contributed by atoms with E-state index in [0.29, 0.717) is 6.61 Å². The third-order valence-corrected chi connectivity index (χ3v) is 5.09. The van der Waals surface area contributed by atoms with Gasteiger partial charge in [-0.2, -0.15) is 0 Å². The Morgan fingerprint density at radius 1 is 1.14 bits per heavy atom. The molecule has 0 radical (unpaired) electrons. The lowest BCUT2D eigenvalue weighted by Gasteiger charge is -2.22. The summed E-state index contributed by atoms with van der Waals surface area (Å²) in [5.74, 6) is -0.680. The van der Waals surface area contributed by atoms with Crippen LogP contribution in [0.15, 0.2) is 29.2 Å². The Balaban J connectivity index is 1.66. The molecule has 5 nitrogen and oxygen atoms in total. The van der Waals surface area contributed by atoms with Gasteiger partial charge < -0.3 is 24.4 Å². The van der Waals surface area contributed by atoms with Gasteiger partial charge in [-0.3, -0.25) is 0 Å². The monoisotopic (exact) mass is 326 g/mol. The molecule has 22 heavy (non-hydrogen) atoms. The molecule has 1 aromatic carbocycles. The predicted molar refractivity (Wildman–Crippen MR) is 82.6 cm³/mol. The van der Waals surface area contributed by atoms with Crippen molar-refractivity contribution in [3.63, 3.8) is 0 Å². The molecule has 2 aliphatic rings. The van der Waals surface area contributed by atoms with Gasteiger partial charge in [0.05, 0.1) is 6.61 Å². The molecule has 6 heteroatoms. The summed E-state index contributed by atoms with van der Waals surface area (Å²) in [6, 6.07) is 7.98. The van der Waals surface area contributed by atoms with E-state index in [1.807, 2.05) is 45.0 Å². The molecule has 2 aliphatic heterocycles. The molecule has 0 aliphatic carbocycles. The minimum absolute atomic E-state index is 0.351. The molecule has 0 saturated carbocycles. The van der Waals surface area contributed by atoms with E-state index in [4.69, 9.17) is 14.2 Å². The van der Waals surface area contributed by atoms with Gasteiger partial charge in [0.1, 0.15) is 29.9 Å². The number of thioether (sulfide) groups is 1. The Hall–Kier alpha value is -0.630. The first-order chi connectivity index (χ1) is 10.4. The van der Waals surface area contributed by atoms with Crippen LogP contribution in [0.5, 0.6) is 0 Å². The van der Waals surface area contributed by atoms with Crippen LogP contribution in [0.4, 0.5) is 0 Å². The topological polar surface area (TPSA) is 68.2 Å². The molecule has 5 atom stereocenters. The zero-order valence-corrected chi connectivity index (χ0v) is 13.7. The molecule has 2 heterocycles. The van der Waals surface area contributed by atoms with Crippen LogP contribution in [0.2, 0.25) is 0 Å². The Kier molecular flexibility index (Phi) is 4.51. The minimum Gasteiger partial charge on any atom is -0.387 e. The summed E-state index contributed by atoms with van der Waals surface area (Å²) in [5.41, 5.74) is 0.656. The highest BCUT2D eigenvalue weighted by Gasteiger charge is 2.50. The van der Waals surface area contributed by atoms with Gasteiger partial charge in [0.15, 0.2) is 5.79 Å². The van der Waals surface area contributed by atoms with E-state index in [2.05, 4.69) is 0 Å². The van der Waals surface area contributed by atoms with Crippen molar-refractivity contribution in [3.8, 4) is 0 Å². The fourth-order valence-corrected chi connectivity index (χ4v) is 3.75. The SMILES string of the molecule is Cc1ccc(S[C@@H]2O[C@@H]([C@H]3COC(C)(C)O3)[C@H](O)[C@H]2O)cc1. The van der Waals surface area contributed by atoms with Gasteiger partial charge in [0, 0.05) is 4.90 Å². The van der Waals surface area contributed by atoms with E-state index >= 15 is 0 Å². The van der Waals surface area contributed by atoms with Crippen molar-refractivity contribution >= 4 is 11.8 Å². The number of hydrogen-bond donors (Lipinski definition) is 2. The molecule has 1 aromatic rings. The summed E-state index contributed by atoms with van der Waals surface area (Å²) in [5, 5.41) is 20.5. The highest BCUT2D eigenvalue weighted by molar-refractivity contribution is 7.99. The summed E-state index contributed by atoms with van der Waals surface area (Å²) in [6.07, 6.45) is -2.89. The lowest BCUT2D eigenvalue weighted by atomic mass is 10.1. The third-order valence-electron chi connectivity index (χ3n) is 3.93. The first kappa shape index (κ1) is 16.2. The maximum absolute atomic E-state index is 10.3. The largest absolute Gasteiger partial charge is 0.387 e. The van der Waals surface area contributed by atoms with Gasteiger partial charge >= 0.3 is 0 Å². The Morgan fingerprint density at radius 3 is 2.41 bits per heavy atom. The van der Waals surface area contributed by atoms with Crippen molar-refractivity contribution in [2.75, 3.05) is 6.61 Å². The third kappa shape index (κ3) is 3.32. The zero-order chi connectivity index (χ0) is 15.9. The fourth-order valence-electron chi connectivity index (χ4n) is 2.70. The average molecular weight is 326 g/mol. The number of benzene rings is 1. The van der Waals surface area contributed by atoms with Crippen molar-refractivity contribution in [1.29, 1.82) is 0 Å². The number of ether oxygens (including phenoxy) is 3. The van der Waals surface area contributed by atoms with Crippen molar-refractivity contribution in [1.82, 2.24) is 0 Å². The van der Waals surface area contributed by atoms with Gasteiger partial charge in [0.25, 0.3) is 0 Å². The fraction of sp³-hybridized carbons (Fsp3) is 0.625. The molecule has 0 spiro atoms. The summed E-state index contributed by atoms with van der Waals surface area (Å²) < 4.78 is 17.1. The molecule has 2 saturated heterocycles. The zero-order valence-electron chi connectivity index (χ0n) is 12.9. The van der Waals surface area contributed by atoms with Gasteiger partial charge in [-0.15, -0.1) is 0 Å². The van der Waals surface area contributed by atoms with Crippen LogP contribution in [-0.4, -0.2) is 52.5 Å². The van der Waals surface area contributed by atoms with E-state index in [1.54, 1.807) is 0 Å². The van der Waals surface area contributed by atoms with Crippen LogP contribution in [0.1, 0.15) is 19.4 Å². The van der Waals surface area contributed by atoms with E-state index in [0.717, 1.165) is 4.90 Å². The van der Waals surface area contributed by atoms with Gasteiger partial charge in [-0.05, 0) is 32.9 Å². The number of aryl methyl sites for hydroxylation is 1. The summed E-state index contributed by atoms with van der Waals surface area (Å²) in [7, 11) is 0. The molecule has 0 aromatic heterocycles. The van der Waals surface area contributed by atoms with E-state index in [-0.39, 0.29) is 6.10 Å². The minimum atomic E-state index is -0.981. The maximum atomic E-state index is 10.3. The summed E-state index contributed by atoms with van der Waals surface area (Å²) in [4.78, 5) is 0.992. The van der Waals surface area contributed by atoms with Gasteiger partial charge in [0.2, 0.25) is 0 Å². The molecular formula is C16H22O5S. The van der Waals surface area contributed by atoms with Crippen LogP contribution < -0.4 is 0 Å².